The van der Waals surface area contributed by atoms with Crippen molar-refractivity contribution < 1.29 is 14.0 Å². The van der Waals surface area contributed by atoms with Crippen molar-refractivity contribution >= 4 is 24.2 Å². The second-order valence-corrected chi connectivity index (χ2v) is 4.72. The predicted molar refractivity (Wildman–Crippen MR) is 83.4 cm³/mol. The lowest BCUT2D eigenvalue weighted by molar-refractivity contribution is -0.122. The van der Waals surface area contributed by atoms with E-state index in [1.54, 1.807) is 12.1 Å². The van der Waals surface area contributed by atoms with E-state index in [1.165, 1.54) is 6.26 Å². The Labute approximate surface area is 131 Å². The molecule has 0 saturated heterocycles. The highest BCUT2D eigenvalue weighted by atomic mass is 35.5. The number of amides is 2. The third-order valence-corrected chi connectivity index (χ3v) is 3.53. The van der Waals surface area contributed by atoms with Gasteiger partial charge >= 0.3 is 0 Å². The van der Waals surface area contributed by atoms with Crippen molar-refractivity contribution in [2.45, 2.75) is 38.6 Å². The Bertz CT molecular complexity index is 422. The number of rotatable bonds is 8. The molecule has 1 aromatic heterocycles. The van der Waals surface area contributed by atoms with Gasteiger partial charge < -0.3 is 20.8 Å². The van der Waals surface area contributed by atoms with E-state index in [9.17, 15) is 9.59 Å². The van der Waals surface area contributed by atoms with E-state index < -0.39 is 0 Å². The van der Waals surface area contributed by atoms with Gasteiger partial charge in [0.05, 0.1) is 11.8 Å². The van der Waals surface area contributed by atoms with Crippen LogP contribution in [0.5, 0.6) is 0 Å². The van der Waals surface area contributed by atoms with Crippen LogP contribution >= 0.6 is 12.4 Å². The number of nitrogens with two attached hydrogens (primary N) is 1. The summed E-state index contributed by atoms with van der Waals surface area (Å²) in [6.45, 7) is 4.66. The van der Waals surface area contributed by atoms with Crippen molar-refractivity contribution in [2.24, 2.45) is 5.73 Å². The van der Waals surface area contributed by atoms with Crippen molar-refractivity contribution in [3.63, 3.8) is 0 Å². The summed E-state index contributed by atoms with van der Waals surface area (Å²) in [5.74, 6) is -0.193. The zero-order valence-corrected chi connectivity index (χ0v) is 13.3. The highest BCUT2D eigenvalue weighted by Gasteiger charge is 2.25. The fraction of sp³-hybridized carbons (Fsp3) is 0.571. The summed E-state index contributed by atoms with van der Waals surface area (Å²) >= 11 is 0. The zero-order chi connectivity index (χ0) is 15.0. The molecular formula is C14H24ClN3O3. The molecule has 120 valence electrons. The van der Waals surface area contributed by atoms with Gasteiger partial charge in [0.2, 0.25) is 5.91 Å². The molecule has 0 aliphatic carbocycles. The first-order valence-electron chi connectivity index (χ1n) is 6.89. The minimum Gasteiger partial charge on any atom is -0.459 e. The van der Waals surface area contributed by atoms with Crippen LogP contribution in [0.25, 0.3) is 0 Å². The number of furan rings is 1. The lowest BCUT2D eigenvalue weighted by Gasteiger charge is -2.31. The quantitative estimate of drug-likeness (QED) is 0.676. The van der Waals surface area contributed by atoms with Crippen molar-refractivity contribution in [1.82, 2.24) is 10.6 Å². The molecule has 0 spiro atoms. The minimum absolute atomic E-state index is 0. The van der Waals surface area contributed by atoms with Crippen molar-refractivity contribution in [2.75, 3.05) is 13.1 Å². The summed E-state index contributed by atoms with van der Waals surface area (Å²) in [6.07, 6.45) is 3.21. The number of nitrogens with one attached hydrogen (secondary N) is 2. The van der Waals surface area contributed by atoms with Crippen LogP contribution in [-0.4, -0.2) is 30.4 Å². The smallest absolute Gasteiger partial charge is 0.286 e. The van der Waals surface area contributed by atoms with Gasteiger partial charge in [-0.05, 0) is 25.0 Å². The molecule has 0 radical (unpaired) electrons. The van der Waals surface area contributed by atoms with Crippen LogP contribution in [0.2, 0.25) is 0 Å². The number of carbonyl (C=O) groups is 2. The van der Waals surface area contributed by atoms with Gasteiger partial charge in [-0.3, -0.25) is 9.59 Å². The molecule has 6 nitrogen and oxygen atoms in total. The topological polar surface area (TPSA) is 97.4 Å². The van der Waals surface area contributed by atoms with Gasteiger partial charge in [-0.1, -0.05) is 13.8 Å². The highest BCUT2D eigenvalue weighted by Crippen LogP contribution is 2.13. The average Bonchev–Trinajstić information content (AvgIpc) is 2.99. The maximum Gasteiger partial charge on any atom is 0.286 e. The van der Waals surface area contributed by atoms with Crippen molar-refractivity contribution in [3.05, 3.63) is 24.2 Å². The summed E-state index contributed by atoms with van der Waals surface area (Å²) in [5, 5.41) is 5.58. The Morgan fingerprint density at radius 2 is 2.00 bits per heavy atom. The maximum absolute atomic E-state index is 11.9. The van der Waals surface area contributed by atoms with Gasteiger partial charge in [-0.25, -0.2) is 0 Å². The SMILES string of the molecule is CCC(CC)(CN)NC(=O)CCNC(=O)c1ccco1.Cl. The van der Waals surface area contributed by atoms with Gasteiger partial charge in [-0.2, -0.15) is 0 Å². The summed E-state index contributed by atoms with van der Waals surface area (Å²) in [7, 11) is 0. The first-order chi connectivity index (χ1) is 9.56. The molecule has 2 amide bonds. The number of halogens is 1. The molecule has 4 N–H and O–H groups in total. The van der Waals surface area contributed by atoms with Gasteiger partial charge in [0.25, 0.3) is 5.91 Å². The summed E-state index contributed by atoms with van der Waals surface area (Å²) in [4.78, 5) is 23.4. The van der Waals surface area contributed by atoms with E-state index in [-0.39, 0.29) is 48.5 Å². The average molecular weight is 318 g/mol. The molecule has 0 aromatic carbocycles. The Morgan fingerprint density at radius 1 is 1.33 bits per heavy atom. The van der Waals surface area contributed by atoms with Crippen LogP contribution in [0.3, 0.4) is 0 Å². The lowest BCUT2D eigenvalue weighted by Crippen LogP contribution is -2.53. The molecule has 21 heavy (non-hydrogen) atoms. The second kappa shape index (κ2) is 9.41. The molecule has 7 heteroatoms. The monoisotopic (exact) mass is 317 g/mol. The number of carbonyl (C=O) groups excluding carboxylic acids is 2. The van der Waals surface area contributed by atoms with E-state index in [2.05, 4.69) is 10.6 Å². The number of hydrogen-bond donors (Lipinski definition) is 3. The third kappa shape index (κ3) is 5.77. The van der Waals surface area contributed by atoms with Crippen molar-refractivity contribution in [1.29, 1.82) is 0 Å². The molecular weight excluding hydrogens is 294 g/mol. The van der Waals surface area contributed by atoms with E-state index in [0.717, 1.165) is 12.8 Å². The minimum atomic E-state index is -0.345. The molecule has 0 atom stereocenters. The Kier molecular flexibility index (Phi) is 8.73. The van der Waals surface area contributed by atoms with Gasteiger partial charge in [-0.15, -0.1) is 12.4 Å². The standard InChI is InChI=1S/C14H23N3O3.ClH/c1-3-14(4-2,10-15)17-12(18)7-8-16-13(19)11-6-5-9-20-11;/h5-6,9H,3-4,7-8,10,15H2,1-2H3,(H,16,19)(H,17,18);1H. The van der Waals surface area contributed by atoms with E-state index in [1.807, 2.05) is 13.8 Å². The third-order valence-electron chi connectivity index (χ3n) is 3.53. The molecule has 0 bridgehead atoms. The first-order valence-corrected chi connectivity index (χ1v) is 6.89. The van der Waals surface area contributed by atoms with Crippen LogP contribution < -0.4 is 16.4 Å². The van der Waals surface area contributed by atoms with Crippen molar-refractivity contribution in [3.8, 4) is 0 Å². The van der Waals surface area contributed by atoms with E-state index in [0.29, 0.717) is 6.54 Å². The van der Waals surface area contributed by atoms with E-state index in [4.69, 9.17) is 10.2 Å². The normalized spacial score (nSPS) is 10.6. The molecule has 1 aromatic rings. The maximum atomic E-state index is 11.9. The summed E-state index contributed by atoms with van der Waals surface area (Å²) in [6, 6.07) is 3.21. The van der Waals surface area contributed by atoms with Gasteiger partial charge in [0, 0.05) is 19.5 Å². The van der Waals surface area contributed by atoms with Crippen LogP contribution in [0.15, 0.2) is 22.8 Å². The lowest BCUT2D eigenvalue weighted by atomic mass is 9.93. The molecule has 1 rings (SSSR count). The molecule has 0 fully saturated rings. The predicted octanol–water partition coefficient (Wildman–Crippen LogP) is 1.46. The van der Waals surface area contributed by atoms with Crippen LogP contribution in [0, 0.1) is 0 Å². The Hall–Kier alpha value is -1.53. The molecule has 0 unspecified atom stereocenters. The van der Waals surface area contributed by atoms with Crippen LogP contribution in [0.4, 0.5) is 0 Å². The number of hydrogen-bond acceptors (Lipinski definition) is 4. The van der Waals surface area contributed by atoms with Crippen LogP contribution in [0.1, 0.15) is 43.7 Å². The summed E-state index contributed by atoms with van der Waals surface area (Å²) < 4.78 is 4.96. The Balaban J connectivity index is 0.00000400. The molecule has 1 heterocycles. The molecule has 0 saturated carbocycles. The Morgan fingerprint density at radius 3 is 2.48 bits per heavy atom. The fourth-order valence-corrected chi connectivity index (χ4v) is 1.91. The molecule has 0 aliphatic rings. The van der Waals surface area contributed by atoms with E-state index >= 15 is 0 Å². The van der Waals surface area contributed by atoms with Gasteiger partial charge in [0.15, 0.2) is 5.76 Å². The zero-order valence-electron chi connectivity index (χ0n) is 12.5. The van der Waals surface area contributed by atoms with Crippen LogP contribution in [-0.2, 0) is 4.79 Å². The first kappa shape index (κ1) is 19.5. The highest BCUT2D eigenvalue weighted by molar-refractivity contribution is 5.91. The van der Waals surface area contributed by atoms with Gasteiger partial charge in [0.1, 0.15) is 0 Å². The second-order valence-electron chi connectivity index (χ2n) is 4.72. The fourth-order valence-electron chi connectivity index (χ4n) is 1.91. The largest absolute Gasteiger partial charge is 0.459 e. The molecule has 0 aliphatic heterocycles. The summed E-state index contributed by atoms with van der Waals surface area (Å²) in [5.41, 5.74) is 5.38.